The Kier molecular flexibility index (Phi) is 10.2. The van der Waals surface area contributed by atoms with Crippen LogP contribution in [0.1, 0.15) is 37.3 Å². The Balaban J connectivity index is 0.000000618. The molecular weight excluding hydrogens is 455 g/mol. The van der Waals surface area contributed by atoms with Crippen molar-refractivity contribution in [1.29, 1.82) is 10.8 Å². The van der Waals surface area contributed by atoms with Crippen molar-refractivity contribution < 1.29 is 19.4 Å². The van der Waals surface area contributed by atoms with Crippen LogP contribution in [0.25, 0.3) is 11.3 Å². The van der Waals surface area contributed by atoms with Crippen molar-refractivity contribution in [3.05, 3.63) is 53.7 Å². The fraction of sp³-hybridized carbons (Fsp3) is 0.440. The Morgan fingerprint density at radius 2 is 1.91 bits per heavy atom. The quantitative estimate of drug-likeness (QED) is 0.406. The van der Waals surface area contributed by atoms with Crippen molar-refractivity contribution in [1.82, 2.24) is 9.88 Å². The van der Waals surface area contributed by atoms with Crippen LogP contribution in [0.15, 0.2) is 42.6 Å². The molecule has 184 valence electrons. The molecule has 1 aliphatic carbocycles. The smallest absolute Gasteiger partial charge is 0.337 e. The van der Waals surface area contributed by atoms with Gasteiger partial charge in [0, 0.05) is 51.7 Å². The second-order valence-electron chi connectivity index (χ2n) is 8.77. The van der Waals surface area contributed by atoms with Crippen LogP contribution in [0, 0.1) is 17.7 Å². The zero-order valence-electron chi connectivity index (χ0n) is 19.7. The number of nitrogens with zero attached hydrogens (tertiary/aromatic N) is 2. The molecule has 1 aromatic heterocycles. The molecule has 0 amide bonds. The Bertz CT molecular complexity index is 938. The average molecular weight is 489 g/mol. The van der Waals surface area contributed by atoms with Crippen molar-refractivity contribution in [2.45, 2.75) is 43.3 Å². The van der Waals surface area contributed by atoms with Gasteiger partial charge >= 0.3 is 6.47 Å². The lowest BCUT2D eigenvalue weighted by atomic mass is 9.93. The molecular formula is C25H33FN4O3S. The number of nitrogens with one attached hydrogen (secondary N) is 2. The number of pyridine rings is 1. The number of aliphatic hydroxyl groups is 1. The summed E-state index contributed by atoms with van der Waals surface area (Å²) in [5.74, 6) is 1.64. The molecule has 2 heterocycles. The SMILES string of the molecule is C=N.Cc1ccc(-c2ccc(C3(CN4CCSC(C)(CO)CC4=N)CC3)cc2)nc1.O=COF. The molecule has 1 unspecified atom stereocenters. The zero-order valence-corrected chi connectivity index (χ0v) is 20.5. The van der Waals surface area contributed by atoms with Crippen molar-refractivity contribution in [2.24, 2.45) is 0 Å². The minimum absolute atomic E-state index is 0.132. The van der Waals surface area contributed by atoms with Crippen molar-refractivity contribution in [2.75, 3.05) is 25.4 Å². The maximum atomic E-state index is 9.85. The summed E-state index contributed by atoms with van der Waals surface area (Å²) in [6.07, 6.45) is 4.92. The van der Waals surface area contributed by atoms with E-state index in [0.29, 0.717) is 12.3 Å². The van der Waals surface area contributed by atoms with Crippen LogP contribution >= 0.6 is 11.8 Å². The van der Waals surface area contributed by atoms with E-state index in [1.807, 2.05) is 6.20 Å². The number of aryl methyl sites for hydroxylation is 1. The van der Waals surface area contributed by atoms with E-state index in [4.69, 9.17) is 15.6 Å². The van der Waals surface area contributed by atoms with Gasteiger partial charge in [0.1, 0.15) is 0 Å². The van der Waals surface area contributed by atoms with Gasteiger partial charge in [-0.05, 0) is 50.6 Å². The number of carbonyl (C=O) groups is 1. The van der Waals surface area contributed by atoms with E-state index in [-0.39, 0.29) is 23.2 Å². The molecule has 2 aliphatic rings. The van der Waals surface area contributed by atoms with Crippen LogP contribution in [0.5, 0.6) is 0 Å². The minimum atomic E-state index is -0.292. The largest absolute Gasteiger partial charge is 0.395 e. The molecule has 4 rings (SSSR count). The fourth-order valence-electron chi connectivity index (χ4n) is 4.02. The number of halogens is 1. The second-order valence-corrected chi connectivity index (χ2v) is 10.4. The second kappa shape index (κ2) is 12.6. The summed E-state index contributed by atoms with van der Waals surface area (Å²) in [7, 11) is 0. The molecule has 1 aliphatic heterocycles. The molecule has 1 saturated carbocycles. The first-order chi connectivity index (χ1) is 16.3. The van der Waals surface area contributed by atoms with Gasteiger partial charge in [-0.2, -0.15) is 11.8 Å². The minimum Gasteiger partial charge on any atom is -0.395 e. The molecule has 2 aromatic rings. The van der Waals surface area contributed by atoms with Crippen LogP contribution in [-0.2, 0) is 15.2 Å². The van der Waals surface area contributed by atoms with E-state index in [1.165, 1.54) is 24.0 Å². The third-order valence-corrected chi connectivity index (χ3v) is 7.51. The van der Waals surface area contributed by atoms with Crippen LogP contribution in [0.2, 0.25) is 0 Å². The molecule has 7 nitrogen and oxygen atoms in total. The van der Waals surface area contributed by atoms with E-state index in [1.54, 1.807) is 11.8 Å². The highest BCUT2D eigenvalue weighted by Gasteiger charge is 2.46. The highest BCUT2D eigenvalue weighted by Crippen LogP contribution is 2.49. The van der Waals surface area contributed by atoms with Crippen LogP contribution in [0.3, 0.4) is 0 Å². The molecule has 0 spiro atoms. The lowest BCUT2D eigenvalue weighted by molar-refractivity contribution is -0.165. The van der Waals surface area contributed by atoms with Crippen LogP contribution in [0.4, 0.5) is 4.53 Å². The maximum Gasteiger partial charge on any atom is 0.337 e. The first-order valence-corrected chi connectivity index (χ1v) is 12.0. The van der Waals surface area contributed by atoms with Gasteiger partial charge in [-0.15, -0.1) is 0 Å². The van der Waals surface area contributed by atoms with Gasteiger partial charge < -0.3 is 15.4 Å². The zero-order chi connectivity index (χ0) is 25.2. The third-order valence-electron chi connectivity index (χ3n) is 6.16. The topological polar surface area (TPSA) is 110 Å². The number of thioether (sulfide) groups is 1. The molecule has 2 fully saturated rings. The van der Waals surface area contributed by atoms with Crippen LogP contribution < -0.4 is 0 Å². The molecule has 0 radical (unpaired) electrons. The molecule has 1 saturated heterocycles. The predicted molar refractivity (Wildman–Crippen MR) is 135 cm³/mol. The first kappa shape index (κ1) is 27.5. The van der Waals surface area contributed by atoms with Crippen molar-refractivity contribution >= 4 is 30.8 Å². The monoisotopic (exact) mass is 488 g/mol. The van der Waals surface area contributed by atoms with Crippen molar-refractivity contribution in [3.8, 4) is 11.3 Å². The predicted octanol–water partition coefficient (Wildman–Crippen LogP) is 4.57. The maximum absolute atomic E-state index is 9.85. The molecule has 34 heavy (non-hydrogen) atoms. The number of rotatable bonds is 6. The third kappa shape index (κ3) is 7.11. The Hall–Kier alpha value is -2.78. The van der Waals surface area contributed by atoms with Gasteiger partial charge in [-0.25, -0.2) is 0 Å². The standard InChI is InChI=1S/C23H29N3OS.CHFO2.CH3N/c1-17-3-8-20(25-14-17)18-4-6-19(7-5-18)23(9-10-23)15-26-11-12-28-22(2,16-27)13-21(26)24;2-4-1-3;1-2/h3-8,14,24,27H,9-13,15-16H2,1-2H3;1H;2H,1H2. The van der Waals surface area contributed by atoms with E-state index in [9.17, 15) is 9.63 Å². The summed E-state index contributed by atoms with van der Waals surface area (Å²) < 4.78 is 9.64. The van der Waals surface area contributed by atoms with E-state index >= 15 is 0 Å². The van der Waals surface area contributed by atoms with Gasteiger partial charge in [0.2, 0.25) is 0 Å². The van der Waals surface area contributed by atoms with Crippen molar-refractivity contribution in [3.63, 3.8) is 0 Å². The lowest BCUT2D eigenvalue weighted by Crippen LogP contribution is -2.39. The molecule has 3 N–H and O–H groups in total. The number of aliphatic hydroxyl groups excluding tert-OH is 1. The van der Waals surface area contributed by atoms with Gasteiger partial charge in [0.25, 0.3) is 0 Å². The van der Waals surface area contributed by atoms with E-state index in [0.717, 1.165) is 30.1 Å². The fourth-order valence-corrected chi connectivity index (χ4v) is 5.15. The number of hydrogen-bond acceptors (Lipinski definition) is 7. The molecule has 1 aromatic carbocycles. The molecule has 0 bridgehead atoms. The van der Waals surface area contributed by atoms with Crippen LogP contribution in [-0.4, -0.2) is 64.2 Å². The number of carbonyl (C=O) groups excluding carboxylic acids is 1. The molecule has 1 atom stereocenters. The first-order valence-electron chi connectivity index (χ1n) is 11.0. The summed E-state index contributed by atoms with van der Waals surface area (Å²) in [5.41, 5.74) is 4.88. The Morgan fingerprint density at radius 3 is 2.41 bits per heavy atom. The Labute approximate surface area is 204 Å². The van der Waals surface area contributed by atoms with Gasteiger partial charge in [-0.3, -0.25) is 20.1 Å². The normalized spacial score (nSPS) is 20.6. The van der Waals surface area contributed by atoms with E-state index < -0.39 is 0 Å². The van der Waals surface area contributed by atoms with Gasteiger partial charge in [-0.1, -0.05) is 30.3 Å². The number of hydrogen-bond donors (Lipinski definition) is 3. The highest BCUT2D eigenvalue weighted by atomic mass is 32.2. The summed E-state index contributed by atoms with van der Waals surface area (Å²) in [4.78, 5) is 17.7. The number of benzene rings is 1. The number of aromatic nitrogens is 1. The molecule has 9 heteroatoms. The average Bonchev–Trinajstić information content (AvgIpc) is 3.67. The lowest BCUT2D eigenvalue weighted by Gasteiger charge is -2.30. The summed E-state index contributed by atoms with van der Waals surface area (Å²) in [5, 5.41) is 23.8. The van der Waals surface area contributed by atoms with E-state index in [2.05, 4.69) is 71.8 Å². The highest BCUT2D eigenvalue weighted by molar-refractivity contribution is 8.00. The number of amidine groups is 1. The summed E-state index contributed by atoms with van der Waals surface area (Å²) in [6, 6.07) is 13.0. The van der Waals surface area contributed by atoms with Gasteiger partial charge in [0.05, 0.1) is 18.1 Å². The Morgan fingerprint density at radius 1 is 1.26 bits per heavy atom. The summed E-state index contributed by atoms with van der Waals surface area (Å²) in [6.45, 7) is 8.27. The summed E-state index contributed by atoms with van der Waals surface area (Å²) >= 11 is 1.80. The van der Waals surface area contributed by atoms with Gasteiger partial charge in [0.15, 0.2) is 0 Å².